The van der Waals surface area contributed by atoms with E-state index in [2.05, 4.69) is 10.2 Å². The van der Waals surface area contributed by atoms with Crippen LogP contribution in [0.2, 0.25) is 0 Å². The van der Waals surface area contributed by atoms with E-state index in [0.717, 1.165) is 17.0 Å². The molecule has 0 unspecified atom stereocenters. The molecule has 0 saturated carbocycles. The average molecular weight is 571 g/mol. The number of hydrogen-bond donors (Lipinski definition) is 1. The van der Waals surface area contributed by atoms with E-state index in [-0.39, 0.29) is 37.2 Å². The Hall–Kier alpha value is -4.64. The number of pyridine rings is 1. The van der Waals surface area contributed by atoms with Gasteiger partial charge >= 0.3 is 6.03 Å². The topological polar surface area (TPSA) is 119 Å². The number of hydrogen-bond acceptors (Lipinski definition) is 8. The molecule has 2 bridgehead atoms. The lowest BCUT2D eigenvalue weighted by Crippen LogP contribution is -2.68. The number of urea groups is 1. The van der Waals surface area contributed by atoms with Crippen molar-refractivity contribution in [2.75, 3.05) is 38.4 Å². The first-order valence-corrected chi connectivity index (χ1v) is 14.0. The van der Waals surface area contributed by atoms with Gasteiger partial charge in [-0.1, -0.05) is 12.1 Å². The van der Waals surface area contributed by atoms with Gasteiger partial charge in [0.1, 0.15) is 11.2 Å². The molecule has 0 aliphatic carbocycles. The number of carbonyl (C=O) groups is 3. The lowest BCUT2D eigenvalue weighted by molar-refractivity contribution is -0.144. The zero-order valence-electron chi connectivity index (χ0n) is 23.1. The Bertz CT molecular complexity index is 1650. The molecule has 2 aromatic carbocycles. The lowest BCUT2D eigenvalue weighted by Gasteiger charge is -2.47. The molecule has 3 atom stereocenters. The molecule has 42 heavy (non-hydrogen) atoms. The molecule has 11 heteroatoms. The molecule has 2 fully saturated rings. The highest BCUT2D eigenvalue weighted by Gasteiger charge is 2.56. The largest absolute Gasteiger partial charge is 0.497 e. The first kappa shape index (κ1) is 26.3. The van der Waals surface area contributed by atoms with Crippen LogP contribution in [0.4, 0.5) is 10.5 Å². The van der Waals surface area contributed by atoms with Crippen LogP contribution in [0, 0.1) is 11.3 Å². The fourth-order valence-corrected chi connectivity index (χ4v) is 6.90. The number of anilines is 1. The van der Waals surface area contributed by atoms with Crippen LogP contribution in [0.15, 0.2) is 65.5 Å². The maximum Gasteiger partial charge on any atom is 0.335 e. The number of likely N-dealkylation sites (tertiary alicyclic amines) is 1. The van der Waals surface area contributed by atoms with Crippen molar-refractivity contribution in [2.45, 2.75) is 25.3 Å². The molecule has 3 aromatic rings. The monoisotopic (exact) mass is 570 g/mol. The summed E-state index contributed by atoms with van der Waals surface area (Å²) in [5.74, 6) is 0.781. The van der Waals surface area contributed by atoms with Crippen molar-refractivity contribution in [1.29, 1.82) is 0 Å². The van der Waals surface area contributed by atoms with Gasteiger partial charge in [-0.3, -0.25) is 19.7 Å². The van der Waals surface area contributed by atoms with Gasteiger partial charge in [-0.25, -0.2) is 9.69 Å². The van der Waals surface area contributed by atoms with Gasteiger partial charge in [-0.2, -0.15) is 0 Å². The summed E-state index contributed by atoms with van der Waals surface area (Å²) in [5, 5.41) is 2.48. The number of nitrogens with zero attached hydrogens (tertiary/aromatic N) is 3. The second-order valence-corrected chi connectivity index (χ2v) is 11.4. The Kier molecular flexibility index (Phi) is 6.27. The van der Waals surface area contributed by atoms with Gasteiger partial charge in [-0.15, -0.1) is 0 Å². The van der Waals surface area contributed by atoms with E-state index in [1.807, 2.05) is 16.7 Å². The van der Waals surface area contributed by atoms with Gasteiger partial charge in [-0.05, 0) is 66.8 Å². The summed E-state index contributed by atoms with van der Waals surface area (Å²) >= 11 is 0. The van der Waals surface area contributed by atoms with E-state index < -0.39 is 23.3 Å². The van der Waals surface area contributed by atoms with Gasteiger partial charge in [0.25, 0.3) is 11.5 Å². The Balaban J connectivity index is 1.26. The molecule has 5 heterocycles. The molecule has 0 spiro atoms. The third kappa shape index (κ3) is 4.32. The predicted molar refractivity (Wildman–Crippen MR) is 151 cm³/mol. The number of benzene rings is 2. The number of piperidine rings is 1. The highest BCUT2D eigenvalue weighted by atomic mass is 16.7. The number of nitrogens with one attached hydrogen (secondary N) is 1. The second-order valence-electron chi connectivity index (χ2n) is 11.4. The van der Waals surface area contributed by atoms with Gasteiger partial charge in [0, 0.05) is 43.9 Å². The smallest absolute Gasteiger partial charge is 0.335 e. The number of ether oxygens (including phenoxy) is 3. The number of rotatable bonds is 6. The second kappa shape index (κ2) is 10.0. The first-order chi connectivity index (χ1) is 20.3. The number of methoxy groups -OCH3 is 1. The lowest BCUT2D eigenvalue weighted by atomic mass is 9.75. The maximum atomic E-state index is 14.5. The molecule has 216 valence electrons. The molecule has 7 rings (SSSR count). The third-order valence-corrected chi connectivity index (χ3v) is 8.79. The quantitative estimate of drug-likeness (QED) is 0.449. The van der Waals surface area contributed by atoms with Crippen LogP contribution < -0.4 is 30.0 Å². The van der Waals surface area contributed by atoms with Crippen molar-refractivity contribution in [2.24, 2.45) is 11.3 Å². The molecule has 4 aliphatic heterocycles. The molecule has 4 aliphatic rings. The van der Waals surface area contributed by atoms with Crippen LogP contribution in [-0.4, -0.2) is 60.8 Å². The third-order valence-electron chi connectivity index (χ3n) is 8.79. The molecular formula is C31H30N4O7. The molecule has 11 nitrogen and oxygen atoms in total. The Morgan fingerprint density at radius 1 is 0.952 bits per heavy atom. The molecule has 1 N–H and O–H groups in total. The van der Waals surface area contributed by atoms with Crippen molar-refractivity contribution in [1.82, 2.24) is 14.8 Å². The summed E-state index contributed by atoms with van der Waals surface area (Å²) in [7, 11) is 1.53. The summed E-state index contributed by atoms with van der Waals surface area (Å²) in [6.07, 6.45) is 0.988. The minimum absolute atomic E-state index is 0.00888. The Morgan fingerprint density at radius 2 is 1.76 bits per heavy atom. The van der Waals surface area contributed by atoms with Crippen LogP contribution in [0.1, 0.15) is 23.6 Å². The summed E-state index contributed by atoms with van der Waals surface area (Å²) < 4.78 is 18.1. The fourth-order valence-electron chi connectivity index (χ4n) is 6.90. The Labute approximate surface area is 241 Å². The predicted octanol–water partition coefficient (Wildman–Crippen LogP) is 2.52. The normalized spacial score (nSPS) is 24.8. The zero-order valence-corrected chi connectivity index (χ0v) is 23.1. The molecular weight excluding hydrogens is 540 g/mol. The van der Waals surface area contributed by atoms with E-state index in [1.165, 1.54) is 7.11 Å². The maximum absolute atomic E-state index is 14.5. The summed E-state index contributed by atoms with van der Waals surface area (Å²) in [4.78, 5) is 57.3. The summed E-state index contributed by atoms with van der Waals surface area (Å²) in [6, 6.07) is 16.5. The number of imide groups is 2. The number of barbiturate groups is 1. The number of carbonyl (C=O) groups excluding carboxylic acids is 3. The average Bonchev–Trinajstić information content (AvgIpc) is 3.45. The number of fused-ring (bicyclic) bond motifs is 5. The van der Waals surface area contributed by atoms with Crippen molar-refractivity contribution >= 4 is 23.5 Å². The van der Waals surface area contributed by atoms with Crippen LogP contribution >= 0.6 is 0 Å². The van der Waals surface area contributed by atoms with Crippen molar-refractivity contribution in [3.05, 3.63) is 82.3 Å². The highest BCUT2D eigenvalue weighted by Crippen LogP contribution is 2.41. The van der Waals surface area contributed by atoms with E-state index >= 15 is 0 Å². The van der Waals surface area contributed by atoms with Crippen LogP contribution in [0.5, 0.6) is 17.2 Å². The summed E-state index contributed by atoms with van der Waals surface area (Å²) in [5.41, 5.74) is 0.405. The molecule has 4 amide bonds. The van der Waals surface area contributed by atoms with Crippen molar-refractivity contribution in [3.63, 3.8) is 0 Å². The zero-order chi connectivity index (χ0) is 29.0. The van der Waals surface area contributed by atoms with Gasteiger partial charge in [0.2, 0.25) is 12.7 Å². The van der Waals surface area contributed by atoms with Crippen LogP contribution in [0.3, 0.4) is 0 Å². The van der Waals surface area contributed by atoms with Crippen molar-refractivity contribution in [3.8, 4) is 17.2 Å². The number of aromatic nitrogens is 1. The molecule has 2 saturated heterocycles. The van der Waals surface area contributed by atoms with E-state index in [1.54, 1.807) is 48.5 Å². The molecule has 0 radical (unpaired) electrons. The minimum atomic E-state index is -1.61. The van der Waals surface area contributed by atoms with Gasteiger partial charge in [0.15, 0.2) is 11.5 Å². The fraction of sp³-hybridized carbons (Fsp3) is 0.355. The van der Waals surface area contributed by atoms with E-state index in [0.29, 0.717) is 48.1 Å². The first-order valence-electron chi connectivity index (χ1n) is 14.0. The van der Waals surface area contributed by atoms with Crippen LogP contribution in [0.25, 0.3) is 0 Å². The Morgan fingerprint density at radius 3 is 2.57 bits per heavy atom. The van der Waals surface area contributed by atoms with Crippen LogP contribution in [-0.2, 0) is 22.6 Å². The van der Waals surface area contributed by atoms with E-state index in [9.17, 15) is 19.2 Å². The summed E-state index contributed by atoms with van der Waals surface area (Å²) in [6.45, 7) is 2.01. The molecule has 1 aromatic heterocycles. The SMILES string of the molecule is COc1ccc(N2C(=O)NC(=O)[C@](Cc3ccc4c(c3)OCO4)(CN3C[C@H]4C[C@@H](C3)c3cccc(=O)n3C4)C2=O)cc1. The highest BCUT2D eigenvalue weighted by molar-refractivity contribution is 6.30. The standard InChI is InChI=1S/C31H30N4O7/c1-40-23-8-6-22(7-9-23)35-29(38)31(28(37)32-30(35)39,13-19-5-10-25-26(12-19)42-18-41-25)17-33-14-20-11-21(16-33)24-3-2-4-27(36)34(24)15-20/h2-10,12,20-21H,11,13-18H2,1H3,(H,32,37,39)/t20-,21+,31+/m1/s1. The number of amides is 4. The van der Waals surface area contributed by atoms with E-state index in [4.69, 9.17) is 14.2 Å². The van der Waals surface area contributed by atoms with Gasteiger partial charge in [0.05, 0.1) is 12.8 Å². The van der Waals surface area contributed by atoms with Crippen molar-refractivity contribution < 1.29 is 28.6 Å². The van der Waals surface area contributed by atoms with Gasteiger partial charge < -0.3 is 23.7 Å². The minimum Gasteiger partial charge on any atom is -0.497 e.